The summed E-state index contributed by atoms with van der Waals surface area (Å²) in [6.45, 7) is 1.70. The van der Waals surface area contributed by atoms with Crippen molar-refractivity contribution in [3.05, 3.63) is 30.2 Å². The van der Waals surface area contributed by atoms with Gasteiger partial charge in [0.25, 0.3) is 0 Å². The van der Waals surface area contributed by atoms with E-state index in [1.54, 1.807) is 12.0 Å². The monoisotopic (exact) mass is 371 g/mol. The zero-order valence-electron chi connectivity index (χ0n) is 15.0. The summed E-state index contributed by atoms with van der Waals surface area (Å²) in [5, 5.41) is 9.60. The van der Waals surface area contributed by atoms with Gasteiger partial charge < -0.3 is 24.8 Å². The molecule has 0 unspecified atom stereocenters. The molecule has 2 aliphatic heterocycles. The average Bonchev–Trinajstić information content (AvgIpc) is 3.27. The number of rotatable bonds is 6. The van der Waals surface area contributed by atoms with E-state index in [-0.39, 0.29) is 17.5 Å². The van der Waals surface area contributed by atoms with Crippen molar-refractivity contribution in [2.45, 2.75) is 24.8 Å². The second-order valence-electron chi connectivity index (χ2n) is 6.94. The highest BCUT2D eigenvalue weighted by atomic mass is 16.5. The number of ether oxygens (including phenoxy) is 1. The van der Waals surface area contributed by atoms with Crippen molar-refractivity contribution in [2.24, 2.45) is 0 Å². The number of hydrogen-bond acceptors (Lipinski definition) is 6. The first-order chi connectivity index (χ1) is 13.1. The number of likely N-dealkylation sites (tertiary alicyclic amines) is 1. The number of aromatic nitrogens is 2. The maximum absolute atomic E-state index is 12.2. The quantitative estimate of drug-likeness (QED) is 0.783. The molecule has 2 fully saturated rings. The lowest BCUT2D eigenvalue weighted by molar-refractivity contribution is -0.138. The number of carbonyl (C=O) groups is 2. The minimum Gasteiger partial charge on any atom is -0.497 e. The Balaban J connectivity index is 1.25. The third kappa shape index (κ3) is 3.57. The molecule has 142 valence electrons. The lowest BCUT2D eigenvalue weighted by Crippen LogP contribution is -2.70. The molecule has 2 aliphatic rings. The van der Waals surface area contributed by atoms with Crippen LogP contribution in [0.15, 0.2) is 28.8 Å². The highest BCUT2D eigenvalue weighted by molar-refractivity contribution is 5.81. The van der Waals surface area contributed by atoms with E-state index in [9.17, 15) is 9.59 Å². The smallest absolute Gasteiger partial charge is 0.315 e. The molecule has 3 amide bonds. The summed E-state index contributed by atoms with van der Waals surface area (Å²) in [6, 6.07) is 7.28. The molecular weight excluding hydrogens is 350 g/mol. The molecule has 0 radical (unpaired) electrons. The third-order valence-corrected chi connectivity index (χ3v) is 4.88. The maximum atomic E-state index is 12.2. The van der Waals surface area contributed by atoms with Gasteiger partial charge in [0.05, 0.1) is 12.6 Å². The number of benzene rings is 1. The molecular formula is C18H21N5O4. The molecule has 4 rings (SSSR count). The molecule has 0 aliphatic carbocycles. The summed E-state index contributed by atoms with van der Waals surface area (Å²) in [5.41, 5.74) is 0.545. The van der Waals surface area contributed by atoms with Crippen LogP contribution in [0, 0.1) is 0 Å². The van der Waals surface area contributed by atoms with Gasteiger partial charge in [0, 0.05) is 38.0 Å². The van der Waals surface area contributed by atoms with E-state index in [1.165, 1.54) is 0 Å². The highest BCUT2D eigenvalue weighted by Crippen LogP contribution is 2.25. The van der Waals surface area contributed by atoms with Gasteiger partial charge in [-0.1, -0.05) is 17.3 Å². The first-order valence-corrected chi connectivity index (χ1v) is 8.88. The maximum Gasteiger partial charge on any atom is 0.315 e. The van der Waals surface area contributed by atoms with E-state index in [0.717, 1.165) is 11.3 Å². The number of amides is 3. The normalized spacial score (nSPS) is 17.4. The van der Waals surface area contributed by atoms with E-state index < -0.39 is 0 Å². The Morgan fingerprint density at radius 2 is 2.26 bits per heavy atom. The van der Waals surface area contributed by atoms with E-state index in [2.05, 4.69) is 20.8 Å². The highest BCUT2D eigenvalue weighted by Gasteiger charge is 2.49. The molecule has 27 heavy (non-hydrogen) atoms. The van der Waals surface area contributed by atoms with Gasteiger partial charge in [0.1, 0.15) is 5.75 Å². The van der Waals surface area contributed by atoms with E-state index in [4.69, 9.17) is 9.26 Å². The Hall–Kier alpha value is -3.10. The lowest BCUT2D eigenvalue weighted by atomic mass is 9.90. The number of urea groups is 1. The summed E-state index contributed by atoms with van der Waals surface area (Å²) in [5.74, 6) is 1.82. The van der Waals surface area contributed by atoms with E-state index in [0.29, 0.717) is 50.6 Å². The van der Waals surface area contributed by atoms with Crippen LogP contribution in [0.25, 0.3) is 11.4 Å². The molecule has 1 aromatic carbocycles. The zero-order valence-corrected chi connectivity index (χ0v) is 15.0. The molecule has 2 saturated heterocycles. The molecule has 9 heteroatoms. The predicted octanol–water partition coefficient (Wildman–Crippen LogP) is 0.962. The summed E-state index contributed by atoms with van der Waals surface area (Å²) in [7, 11) is 1.61. The van der Waals surface area contributed by atoms with Crippen molar-refractivity contribution < 1.29 is 18.8 Å². The molecule has 9 nitrogen and oxygen atoms in total. The van der Waals surface area contributed by atoms with E-state index >= 15 is 0 Å². The van der Waals surface area contributed by atoms with Crippen molar-refractivity contribution in [1.82, 2.24) is 25.7 Å². The van der Waals surface area contributed by atoms with Crippen LogP contribution in [0.2, 0.25) is 0 Å². The second-order valence-corrected chi connectivity index (χ2v) is 6.94. The van der Waals surface area contributed by atoms with Gasteiger partial charge in [0.2, 0.25) is 17.6 Å². The Labute approximate surface area is 156 Å². The van der Waals surface area contributed by atoms with Crippen molar-refractivity contribution in [2.75, 3.05) is 26.7 Å². The Morgan fingerprint density at radius 1 is 1.41 bits per heavy atom. The summed E-state index contributed by atoms with van der Waals surface area (Å²) in [6.07, 6.45) is 1.58. The Kier molecular flexibility index (Phi) is 4.43. The van der Waals surface area contributed by atoms with Crippen LogP contribution in [-0.2, 0) is 11.2 Å². The first-order valence-electron chi connectivity index (χ1n) is 8.88. The van der Waals surface area contributed by atoms with E-state index in [1.807, 2.05) is 24.3 Å². The number of aryl methyl sites for hydroxylation is 1. The van der Waals surface area contributed by atoms with Gasteiger partial charge in [-0.15, -0.1) is 0 Å². The van der Waals surface area contributed by atoms with Crippen LogP contribution >= 0.6 is 0 Å². The molecule has 0 saturated carbocycles. The van der Waals surface area contributed by atoms with Crippen LogP contribution in [0.4, 0.5) is 4.79 Å². The number of hydrogen-bond donors (Lipinski definition) is 2. The number of nitrogens with one attached hydrogen (secondary N) is 2. The van der Waals surface area contributed by atoms with Gasteiger partial charge in [0.15, 0.2) is 0 Å². The van der Waals surface area contributed by atoms with Crippen molar-refractivity contribution >= 4 is 11.9 Å². The number of nitrogens with zero attached hydrogens (tertiary/aromatic N) is 3. The third-order valence-electron chi connectivity index (χ3n) is 4.88. The standard InChI is InChI=1S/C18H21N5O4/c1-26-13-5-2-4-12(8-13)16-20-14(27-22-16)6-3-7-15(24)23-10-18(11-23)9-19-17(25)21-18/h2,4-5,8H,3,6-7,9-11H2,1H3,(H2,19,21,25). The molecule has 1 spiro atoms. The molecule has 2 aromatic rings. The molecule has 2 N–H and O–H groups in total. The molecule has 1 aromatic heterocycles. The summed E-state index contributed by atoms with van der Waals surface area (Å²) >= 11 is 0. The van der Waals surface area contributed by atoms with Crippen molar-refractivity contribution in [3.8, 4) is 17.1 Å². The first kappa shape index (κ1) is 17.3. The number of methoxy groups -OCH3 is 1. The zero-order chi connectivity index (χ0) is 18.9. The topological polar surface area (TPSA) is 110 Å². The average molecular weight is 371 g/mol. The minimum atomic E-state index is -0.273. The van der Waals surface area contributed by atoms with Crippen LogP contribution in [0.5, 0.6) is 5.75 Å². The Morgan fingerprint density at radius 3 is 3.00 bits per heavy atom. The van der Waals surface area contributed by atoms with Crippen molar-refractivity contribution in [1.29, 1.82) is 0 Å². The fourth-order valence-electron chi connectivity index (χ4n) is 3.42. The SMILES string of the molecule is COc1cccc(-c2noc(CCCC(=O)N3CC4(CNC(=O)N4)C3)n2)c1. The summed E-state index contributed by atoms with van der Waals surface area (Å²) < 4.78 is 10.5. The summed E-state index contributed by atoms with van der Waals surface area (Å²) in [4.78, 5) is 29.6. The van der Waals surface area contributed by atoms with Gasteiger partial charge in [-0.3, -0.25) is 4.79 Å². The lowest BCUT2D eigenvalue weighted by Gasteiger charge is -2.46. The van der Waals surface area contributed by atoms with Crippen LogP contribution in [0.3, 0.4) is 0 Å². The van der Waals surface area contributed by atoms with Gasteiger partial charge in [-0.2, -0.15) is 4.98 Å². The fourth-order valence-corrected chi connectivity index (χ4v) is 3.42. The van der Waals surface area contributed by atoms with Gasteiger partial charge in [-0.25, -0.2) is 4.79 Å². The molecule has 0 atom stereocenters. The van der Waals surface area contributed by atoms with Gasteiger partial charge in [-0.05, 0) is 18.6 Å². The largest absolute Gasteiger partial charge is 0.497 e. The van der Waals surface area contributed by atoms with Crippen molar-refractivity contribution in [3.63, 3.8) is 0 Å². The molecule has 3 heterocycles. The minimum absolute atomic E-state index is 0.0781. The number of carbonyl (C=O) groups excluding carboxylic acids is 2. The second kappa shape index (κ2) is 6.90. The van der Waals surface area contributed by atoms with Crippen LogP contribution < -0.4 is 15.4 Å². The van der Waals surface area contributed by atoms with Crippen LogP contribution in [0.1, 0.15) is 18.7 Å². The van der Waals surface area contributed by atoms with Gasteiger partial charge >= 0.3 is 6.03 Å². The Bertz CT molecular complexity index is 859. The predicted molar refractivity (Wildman–Crippen MR) is 95.1 cm³/mol. The molecule has 0 bridgehead atoms. The fraction of sp³-hybridized carbons (Fsp3) is 0.444. The van der Waals surface area contributed by atoms with Crippen LogP contribution in [-0.4, -0.2) is 59.3 Å².